The largest absolute Gasteiger partial charge is 0.391 e. The highest BCUT2D eigenvalue weighted by atomic mass is 19.1. The third kappa shape index (κ3) is 4.36. The van der Waals surface area contributed by atoms with E-state index in [2.05, 4.69) is 10.4 Å². The van der Waals surface area contributed by atoms with Gasteiger partial charge in [0, 0.05) is 32.0 Å². The summed E-state index contributed by atoms with van der Waals surface area (Å²) in [5.41, 5.74) is 0.705. The minimum atomic E-state index is -0.597. The number of halogens is 1. The van der Waals surface area contributed by atoms with Crippen LogP contribution in [0.3, 0.4) is 0 Å². The van der Waals surface area contributed by atoms with Gasteiger partial charge in [0.15, 0.2) is 0 Å². The molecule has 0 radical (unpaired) electrons. The summed E-state index contributed by atoms with van der Waals surface area (Å²) < 4.78 is 15.3. The maximum Gasteiger partial charge on any atom is 0.318 e. The first kappa shape index (κ1) is 17.4. The van der Waals surface area contributed by atoms with E-state index in [1.165, 1.54) is 12.1 Å². The van der Waals surface area contributed by atoms with E-state index in [1.54, 1.807) is 23.2 Å². The number of β-amino-alcohol motifs (C(OH)–C–C–N with tert-alkyl or cyclic N) is 1. The van der Waals surface area contributed by atoms with Crippen molar-refractivity contribution >= 4 is 6.03 Å². The Morgan fingerprint density at radius 3 is 3.04 bits per heavy atom. The third-order valence-electron chi connectivity index (χ3n) is 4.43. The molecule has 6 nitrogen and oxygen atoms in total. The molecule has 134 valence electrons. The van der Waals surface area contributed by atoms with Gasteiger partial charge in [-0.2, -0.15) is 5.10 Å². The number of benzene rings is 1. The molecule has 3 rings (SSSR count). The number of aliphatic hydroxyl groups is 1. The predicted octanol–water partition coefficient (Wildman–Crippen LogP) is 2.18. The van der Waals surface area contributed by atoms with E-state index in [0.717, 1.165) is 0 Å². The first-order valence-electron chi connectivity index (χ1n) is 8.48. The number of aromatic nitrogens is 2. The molecule has 0 unspecified atom stereocenters. The number of likely N-dealkylation sites (tertiary alicyclic amines) is 1. The lowest BCUT2D eigenvalue weighted by Crippen LogP contribution is -2.42. The van der Waals surface area contributed by atoms with E-state index in [4.69, 9.17) is 0 Å². The molecule has 7 heteroatoms. The van der Waals surface area contributed by atoms with E-state index in [9.17, 15) is 14.3 Å². The highest BCUT2D eigenvalue weighted by molar-refractivity contribution is 5.75. The summed E-state index contributed by atoms with van der Waals surface area (Å²) in [6.07, 6.45) is 3.43. The third-order valence-corrected chi connectivity index (χ3v) is 4.43. The molecule has 1 aromatic carbocycles. The molecule has 0 aliphatic carbocycles. The van der Waals surface area contributed by atoms with Crippen molar-refractivity contribution in [2.24, 2.45) is 5.92 Å². The number of hydrogen-bond acceptors (Lipinski definition) is 3. The summed E-state index contributed by atoms with van der Waals surface area (Å²) in [7, 11) is 0. The number of urea groups is 1. The number of aliphatic hydroxyl groups excluding tert-OH is 1. The average molecular weight is 346 g/mol. The monoisotopic (exact) mass is 346 g/mol. The molecule has 0 spiro atoms. The minimum absolute atomic E-state index is 0.212. The van der Waals surface area contributed by atoms with Crippen molar-refractivity contribution in [3.8, 4) is 0 Å². The van der Waals surface area contributed by atoms with E-state index < -0.39 is 6.10 Å². The number of nitrogens with zero attached hydrogens (tertiary/aromatic N) is 3. The van der Waals surface area contributed by atoms with Crippen LogP contribution in [-0.4, -0.2) is 45.0 Å². The summed E-state index contributed by atoms with van der Waals surface area (Å²) >= 11 is 0. The molecule has 2 amide bonds. The first-order chi connectivity index (χ1) is 12.0. The van der Waals surface area contributed by atoms with E-state index >= 15 is 0 Å². The number of rotatable bonds is 5. The van der Waals surface area contributed by atoms with Gasteiger partial charge in [-0.1, -0.05) is 19.1 Å². The van der Waals surface area contributed by atoms with Crippen LogP contribution in [0.4, 0.5) is 9.18 Å². The number of hydrogen-bond donors (Lipinski definition) is 2. The topological polar surface area (TPSA) is 70.4 Å². The molecular formula is C18H23FN4O2. The zero-order valence-corrected chi connectivity index (χ0v) is 14.2. The lowest BCUT2D eigenvalue weighted by molar-refractivity contribution is 0.168. The van der Waals surface area contributed by atoms with Crippen LogP contribution in [0.1, 0.15) is 24.9 Å². The Hall–Kier alpha value is -2.41. The number of nitrogens with one attached hydrogen (secondary N) is 1. The Bertz CT molecular complexity index is 707. The quantitative estimate of drug-likeness (QED) is 0.872. The van der Waals surface area contributed by atoms with Crippen LogP contribution in [0.5, 0.6) is 0 Å². The molecule has 1 aromatic heterocycles. The van der Waals surface area contributed by atoms with Gasteiger partial charge in [0.2, 0.25) is 0 Å². The molecule has 25 heavy (non-hydrogen) atoms. The summed E-state index contributed by atoms with van der Waals surface area (Å²) in [6.45, 7) is 3.50. The molecule has 2 heterocycles. The van der Waals surface area contributed by atoms with Crippen molar-refractivity contribution in [2.75, 3.05) is 13.1 Å². The average Bonchev–Trinajstić information content (AvgIpc) is 3.22. The van der Waals surface area contributed by atoms with Crippen molar-refractivity contribution in [2.45, 2.75) is 32.0 Å². The molecular weight excluding hydrogens is 323 g/mol. The van der Waals surface area contributed by atoms with Gasteiger partial charge < -0.3 is 15.3 Å². The number of carbonyl (C=O) groups is 1. The van der Waals surface area contributed by atoms with E-state index in [0.29, 0.717) is 25.1 Å². The van der Waals surface area contributed by atoms with Crippen LogP contribution in [-0.2, 0) is 6.54 Å². The molecule has 0 bridgehead atoms. The maximum absolute atomic E-state index is 13.5. The maximum atomic E-state index is 13.5. The number of amides is 2. The molecule has 2 N–H and O–H groups in total. The smallest absolute Gasteiger partial charge is 0.318 e. The molecule has 0 saturated carbocycles. The Morgan fingerprint density at radius 2 is 2.32 bits per heavy atom. The fraction of sp³-hybridized carbons (Fsp3) is 0.444. The van der Waals surface area contributed by atoms with Gasteiger partial charge in [-0.3, -0.25) is 4.68 Å². The predicted molar refractivity (Wildman–Crippen MR) is 91.3 cm³/mol. The molecule has 1 saturated heterocycles. The molecule has 3 atom stereocenters. The fourth-order valence-corrected chi connectivity index (χ4v) is 3.22. The van der Waals surface area contributed by atoms with Crippen molar-refractivity contribution in [3.05, 3.63) is 54.1 Å². The first-order valence-corrected chi connectivity index (χ1v) is 8.48. The Balaban J connectivity index is 1.59. The zero-order valence-electron chi connectivity index (χ0n) is 14.2. The summed E-state index contributed by atoms with van der Waals surface area (Å²) in [5, 5.41) is 17.0. The van der Waals surface area contributed by atoms with Gasteiger partial charge in [-0.15, -0.1) is 0 Å². The normalized spacial score (nSPS) is 21.3. The summed E-state index contributed by atoms with van der Waals surface area (Å²) in [5.74, 6) is -0.129. The second-order valence-corrected chi connectivity index (χ2v) is 6.63. The van der Waals surface area contributed by atoms with Crippen LogP contribution in [0, 0.1) is 11.7 Å². The lowest BCUT2D eigenvalue weighted by Gasteiger charge is -2.26. The Morgan fingerprint density at radius 1 is 1.48 bits per heavy atom. The Kier molecular flexibility index (Phi) is 5.33. The van der Waals surface area contributed by atoms with Crippen molar-refractivity contribution in [1.82, 2.24) is 20.0 Å². The molecule has 1 aliphatic rings. The fourth-order valence-electron chi connectivity index (χ4n) is 3.22. The van der Waals surface area contributed by atoms with Crippen LogP contribution < -0.4 is 5.32 Å². The Labute approximate surface area is 146 Å². The second kappa shape index (κ2) is 7.65. The second-order valence-electron chi connectivity index (χ2n) is 6.63. The number of carbonyl (C=O) groups excluding carboxylic acids is 1. The van der Waals surface area contributed by atoms with Crippen LogP contribution >= 0.6 is 0 Å². The van der Waals surface area contributed by atoms with Gasteiger partial charge >= 0.3 is 6.03 Å². The minimum Gasteiger partial charge on any atom is -0.391 e. The van der Waals surface area contributed by atoms with Gasteiger partial charge in [-0.05, 0) is 36.1 Å². The molecule has 2 aromatic rings. The highest BCUT2D eigenvalue weighted by Gasteiger charge is 2.35. The van der Waals surface area contributed by atoms with Gasteiger partial charge in [-0.25, -0.2) is 9.18 Å². The van der Waals surface area contributed by atoms with Crippen LogP contribution in [0.2, 0.25) is 0 Å². The summed E-state index contributed by atoms with van der Waals surface area (Å²) in [4.78, 5) is 14.1. The highest BCUT2D eigenvalue weighted by Crippen LogP contribution is 2.32. The van der Waals surface area contributed by atoms with Crippen molar-refractivity contribution in [3.63, 3.8) is 0 Å². The lowest BCUT2D eigenvalue weighted by atomic mass is 10.0. The molecule has 1 fully saturated rings. The van der Waals surface area contributed by atoms with Gasteiger partial charge in [0.1, 0.15) is 5.82 Å². The van der Waals surface area contributed by atoms with Crippen LogP contribution in [0.15, 0.2) is 42.7 Å². The van der Waals surface area contributed by atoms with Gasteiger partial charge in [0.05, 0.1) is 12.1 Å². The van der Waals surface area contributed by atoms with E-state index in [1.807, 2.05) is 23.9 Å². The van der Waals surface area contributed by atoms with Gasteiger partial charge in [0.25, 0.3) is 0 Å². The van der Waals surface area contributed by atoms with Crippen molar-refractivity contribution < 1.29 is 14.3 Å². The van der Waals surface area contributed by atoms with E-state index in [-0.39, 0.29) is 30.4 Å². The van der Waals surface area contributed by atoms with Crippen molar-refractivity contribution in [1.29, 1.82) is 0 Å². The van der Waals surface area contributed by atoms with Crippen LogP contribution in [0.25, 0.3) is 0 Å². The SMILES string of the molecule is C[C@H](CNC(=O)N1C[C@@H](O)C[C@@H]1c1cccc(F)c1)Cn1cccn1. The standard InChI is InChI=1S/C18H23FN4O2/c1-13(11-22-7-3-6-21-22)10-20-18(25)23-12-16(24)9-17(23)14-4-2-5-15(19)8-14/h2-8,13,16-17,24H,9-12H2,1H3,(H,20,25)/t13-,16+,17-/m1/s1. The molecule has 1 aliphatic heterocycles. The zero-order chi connectivity index (χ0) is 17.8. The summed E-state index contributed by atoms with van der Waals surface area (Å²) in [6, 6.07) is 7.51.